The molecule has 1 aromatic heterocycles. The van der Waals surface area contributed by atoms with Crippen LogP contribution in [0.5, 0.6) is 0 Å². The van der Waals surface area contributed by atoms with Gasteiger partial charge in [0.2, 0.25) is 0 Å². The minimum atomic E-state index is 0.830. The molecule has 0 aliphatic carbocycles. The summed E-state index contributed by atoms with van der Waals surface area (Å²) in [7, 11) is 2.15. The van der Waals surface area contributed by atoms with Gasteiger partial charge in [0.1, 0.15) is 0 Å². The van der Waals surface area contributed by atoms with Crippen LogP contribution >= 0.6 is 0 Å². The number of nitrogens with zero attached hydrogens (tertiary/aromatic N) is 2. The second kappa shape index (κ2) is 7.06. The topological polar surface area (TPSA) is 42.1 Å². The summed E-state index contributed by atoms with van der Waals surface area (Å²) in [6.07, 6.45) is 2.23. The van der Waals surface area contributed by atoms with Crippen molar-refractivity contribution in [3.05, 3.63) is 59.4 Å². The van der Waals surface area contributed by atoms with Crippen LogP contribution in [0.3, 0.4) is 0 Å². The monoisotopic (exact) mass is 269 g/mol. The first-order valence-electron chi connectivity index (χ1n) is 7.09. The van der Waals surface area contributed by atoms with E-state index >= 15 is 0 Å². The summed E-state index contributed by atoms with van der Waals surface area (Å²) in [5.41, 5.74) is 10.1. The van der Waals surface area contributed by atoms with E-state index in [1.54, 1.807) is 0 Å². The molecule has 0 bridgehead atoms. The van der Waals surface area contributed by atoms with Gasteiger partial charge < -0.3 is 10.6 Å². The Hall–Kier alpha value is -1.87. The Bertz CT molecular complexity index is 534. The molecule has 1 heterocycles. The highest BCUT2D eigenvalue weighted by molar-refractivity contribution is 5.39. The van der Waals surface area contributed by atoms with Crippen LogP contribution in [-0.4, -0.2) is 23.5 Å². The van der Waals surface area contributed by atoms with Gasteiger partial charge in [-0.1, -0.05) is 18.2 Å². The highest BCUT2D eigenvalue weighted by Gasteiger charge is 2.02. The molecule has 2 N–H and O–H groups in total. The number of anilines is 1. The first kappa shape index (κ1) is 14.5. The highest BCUT2D eigenvalue weighted by atomic mass is 15.1. The lowest BCUT2D eigenvalue weighted by atomic mass is 10.1. The summed E-state index contributed by atoms with van der Waals surface area (Å²) in [5.74, 6) is 0. The summed E-state index contributed by atoms with van der Waals surface area (Å²) < 4.78 is 0. The molecule has 0 saturated heterocycles. The second-order valence-electron chi connectivity index (χ2n) is 5.35. The number of rotatable bonds is 6. The number of hydrogen-bond acceptors (Lipinski definition) is 3. The molecule has 0 saturated carbocycles. The van der Waals surface area contributed by atoms with Gasteiger partial charge in [0.25, 0.3) is 0 Å². The molecule has 3 nitrogen and oxygen atoms in total. The number of aryl methyl sites for hydroxylation is 2. The summed E-state index contributed by atoms with van der Waals surface area (Å²) in [4.78, 5) is 6.85. The maximum atomic E-state index is 5.69. The summed E-state index contributed by atoms with van der Waals surface area (Å²) >= 11 is 0. The number of nitrogens with two attached hydrogens (primary N) is 1. The van der Waals surface area contributed by atoms with Gasteiger partial charge in [0, 0.05) is 17.9 Å². The molecule has 0 aliphatic heterocycles. The molecule has 0 amide bonds. The van der Waals surface area contributed by atoms with Gasteiger partial charge in [-0.2, -0.15) is 0 Å². The van der Waals surface area contributed by atoms with Gasteiger partial charge >= 0.3 is 0 Å². The van der Waals surface area contributed by atoms with Crippen LogP contribution in [0.4, 0.5) is 5.69 Å². The predicted molar refractivity (Wildman–Crippen MR) is 84.5 cm³/mol. The molecular weight excluding hydrogens is 246 g/mol. The van der Waals surface area contributed by atoms with Gasteiger partial charge in [0.05, 0.1) is 5.69 Å². The van der Waals surface area contributed by atoms with E-state index in [0.717, 1.165) is 43.0 Å². The Morgan fingerprint density at radius 3 is 2.55 bits per heavy atom. The number of benzene rings is 1. The van der Waals surface area contributed by atoms with Gasteiger partial charge in [-0.05, 0) is 63.2 Å². The largest absolute Gasteiger partial charge is 0.399 e. The summed E-state index contributed by atoms with van der Waals surface area (Å²) in [6, 6.07) is 14.3. The standard InChI is InChI=1S/C17H23N3/c1-14-5-3-7-17(19-14)13-20(2)12-4-6-15-8-10-16(18)11-9-15/h3,5,7-11H,4,6,12-13,18H2,1-2H3. The Morgan fingerprint density at radius 2 is 1.85 bits per heavy atom. The van der Waals surface area contributed by atoms with Crippen molar-refractivity contribution < 1.29 is 0 Å². The van der Waals surface area contributed by atoms with Crippen LogP contribution in [0.2, 0.25) is 0 Å². The molecule has 2 aromatic rings. The molecule has 2 rings (SSSR count). The van der Waals surface area contributed by atoms with Crippen molar-refractivity contribution >= 4 is 5.69 Å². The Balaban J connectivity index is 1.75. The fraction of sp³-hybridized carbons (Fsp3) is 0.353. The number of pyridine rings is 1. The molecule has 0 spiro atoms. The lowest BCUT2D eigenvalue weighted by molar-refractivity contribution is 0.318. The normalized spacial score (nSPS) is 10.9. The van der Waals surface area contributed by atoms with Crippen molar-refractivity contribution in [1.29, 1.82) is 0 Å². The number of hydrogen-bond donors (Lipinski definition) is 1. The zero-order chi connectivity index (χ0) is 14.4. The van der Waals surface area contributed by atoms with Crippen LogP contribution in [-0.2, 0) is 13.0 Å². The van der Waals surface area contributed by atoms with Crippen molar-refractivity contribution in [2.45, 2.75) is 26.3 Å². The minimum Gasteiger partial charge on any atom is -0.399 e. The van der Waals surface area contributed by atoms with E-state index in [2.05, 4.69) is 41.2 Å². The van der Waals surface area contributed by atoms with Crippen LogP contribution < -0.4 is 5.73 Å². The minimum absolute atomic E-state index is 0.830. The van der Waals surface area contributed by atoms with E-state index in [1.165, 1.54) is 5.56 Å². The van der Waals surface area contributed by atoms with E-state index in [4.69, 9.17) is 5.73 Å². The van der Waals surface area contributed by atoms with Crippen molar-refractivity contribution in [3.63, 3.8) is 0 Å². The Kier molecular flexibility index (Phi) is 5.13. The smallest absolute Gasteiger partial charge is 0.0547 e. The summed E-state index contributed by atoms with van der Waals surface area (Å²) in [5, 5.41) is 0. The lowest BCUT2D eigenvalue weighted by Gasteiger charge is -2.16. The van der Waals surface area contributed by atoms with E-state index in [9.17, 15) is 0 Å². The third-order valence-electron chi connectivity index (χ3n) is 3.36. The summed E-state index contributed by atoms with van der Waals surface area (Å²) in [6.45, 7) is 4.01. The fourth-order valence-corrected chi connectivity index (χ4v) is 2.28. The molecule has 20 heavy (non-hydrogen) atoms. The molecule has 0 aliphatic rings. The average molecular weight is 269 g/mol. The van der Waals surface area contributed by atoms with Gasteiger partial charge in [0.15, 0.2) is 0 Å². The Labute approximate surface area is 121 Å². The van der Waals surface area contributed by atoms with Gasteiger partial charge in [-0.3, -0.25) is 4.98 Å². The van der Waals surface area contributed by atoms with E-state index in [0.29, 0.717) is 0 Å². The third-order valence-corrected chi connectivity index (χ3v) is 3.36. The van der Waals surface area contributed by atoms with Crippen molar-refractivity contribution in [2.75, 3.05) is 19.3 Å². The quantitative estimate of drug-likeness (QED) is 0.820. The zero-order valence-corrected chi connectivity index (χ0v) is 12.3. The van der Waals surface area contributed by atoms with Crippen LogP contribution in [0.1, 0.15) is 23.4 Å². The second-order valence-corrected chi connectivity index (χ2v) is 5.35. The van der Waals surface area contributed by atoms with Gasteiger partial charge in [-0.25, -0.2) is 0 Å². The highest BCUT2D eigenvalue weighted by Crippen LogP contribution is 2.08. The zero-order valence-electron chi connectivity index (χ0n) is 12.3. The number of nitrogen functional groups attached to an aromatic ring is 1. The maximum Gasteiger partial charge on any atom is 0.0547 e. The molecule has 0 atom stereocenters. The SMILES string of the molecule is Cc1cccc(CN(C)CCCc2ccc(N)cc2)n1. The Morgan fingerprint density at radius 1 is 1.10 bits per heavy atom. The molecule has 3 heteroatoms. The lowest BCUT2D eigenvalue weighted by Crippen LogP contribution is -2.20. The van der Waals surface area contributed by atoms with Crippen LogP contribution in [0, 0.1) is 6.92 Å². The molecule has 0 fully saturated rings. The van der Waals surface area contributed by atoms with Crippen molar-refractivity contribution in [1.82, 2.24) is 9.88 Å². The first-order valence-corrected chi connectivity index (χ1v) is 7.09. The number of aromatic nitrogens is 1. The molecule has 106 valence electrons. The predicted octanol–water partition coefficient (Wildman–Crippen LogP) is 3.04. The van der Waals surface area contributed by atoms with Crippen LogP contribution in [0.15, 0.2) is 42.5 Å². The van der Waals surface area contributed by atoms with Crippen molar-refractivity contribution in [2.24, 2.45) is 0 Å². The van der Waals surface area contributed by atoms with Crippen molar-refractivity contribution in [3.8, 4) is 0 Å². The maximum absolute atomic E-state index is 5.69. The molecule has 1 aromatic carbocycles. The molecule has 0 radical (unpaired) electrons. The fourth-order valence-electron chi connectivity index (χ4n) is 2.28. The molecule has 0 unspecified atom stereocenters. The van der Waals surface area contributed by atoms with E-state index in [-0.39, 0.29) is 0 Å². The van der Waals surface area contributed by atoms with Gasteiger partial charge in [-0.15, -0.1) is 0 Å². The molecular formula is C17H23N3. The average Bonchev–Trinajstić information content (AvgIpc) is 2.41. The van der Waals surface area contributed by atoms with E-state index < -0.39 is 0 Å². The van der Waals surface area contributed by atoms with E-state index in [1.807, 2.05) is 25.1 Å². The van der Waals surface area contributed by atoms with Crippen LogP contribution in [0.25, 0.3) is 0 Å². The first-order chi connectivity index (χ1) is 9.63. The third kappa shape index (κ3) is 4.67.